The molecule has 0 spiro atoms. The lowest BCUT2D eigenvalue weighted by molar-refractivity contribution is -0.141. The van der Waals surface area contributed by atoms with Crippen LogP contribution in [0.3, 0.4) is 0 Å². The van der Waals surface area contributed by atoms with Crippen molar-refractivity contribution in [2.24, 2.45) is 0 Å². The maximum absolute atomic E-state index is 12.1. The molecule has 0 fully saturated rings. The van der Waals surface area contributed by atoms with Gasteiger partial charge in [-0.15, -0.1) is 0 Å². The summed E-state index contributed by atoms with van der Waals surface area (Å²) in [5, 5.41) is 0. The number of imidazole rings is 1. The third-order valence-electron chi connectivity index (χ3n) is 3.71. The van der Waals surface area contributed by atoms with E-state index in [1.807, 2.05) is 0 Å². The van der Waals surface area contributed by atoms with Crippen molar-refractivity contribution in [3.63, 3.8) is 0 Å². The lowest BCUT2D eigenvalue weighted by atomic mass is 10.1. The van der Waals surface area contributed by atoms with Gasteiger partial charge in [0.1, 0.15) is 12.4 Å². The first kappa shape index (κ1) is 19.2. The molecule has 0 aliphatic carbocycles. The van der Waals surface area contributed by atoms with Crippen LogP contribution in [0, 0.1) is 6.92 Å². The van der Waals surface area contributed by atoms with Crippen LogP contribution in [0.1, 0.15) is 68.0 Å². The third-order valence-corrected chi connectivity index (χ3v) is 3.71. The fourth-order valence-electron chi connectivity index (χ4n) is 2.53. The van der Waals surface area contributed by atoms with E-state index >= 15 is 0 Å². The van der Waals surface area contributed by atoms with E-state index in [1.165, 1.54) is 26.4 Å². The van der Waals surface area contributed by atoms with Gasteiger partial charge in [0, 0.05) is 6.42 Å². The SMILES string of the molecule is CCCCCCCc1nc(C)c(C(=O)OCC)n1CC(=O)OC. The first-order valence-electron chi connectivity index (χ1n) is 8.35. The molecule has 0 bridgehead atoms. The zero-order valence-corrected chi connectivity index (χ0v) is 14.7. The highest BCUT2D eigenvalue weighted by molar-refractivity contribution is 5.89. The number of aryl methyl sites for hydroxylation is 2. The molecular weight excluding hydrogens is 296 g/mol. The number of nitrogens with zero attached hydrogens (tertiary/aromatic N) is 2. The minimum absolute atomic E-state index is 0.0181. The molecule has 0 aromatic carbocycles. The standard InChI is InChI=1S/C17H28N2O4/c1-5-7-8-9-10-11-14-18-13(3)16(17(21)23-6-2)19(14)12-15(20)22-4/h5-12H2,1-4H3. The van der Waals surface area contributed by atoms with Gasteiger partial charge in [-0.1, -0.05) is 32.6 Å². The van der Waals surface area contributed by atoms with Gasteiger partial charge in [0.05, 0.1) is 19.4 Å². The molecule has 23 heavy (non-hydrogen) atoms. The van der Waals surface area contributed by atoms with Gasteiger partial charge in [0.25, 0.3) is 0 Å². The smallest absolute Gasteiger partial charge is 0.356 e. The normalized spacial score (nSPS) is 10.6. The lowest BCUT2D eigenvalue weighted by Gasteiger charge is -2.10. The number of esters is 2. The molecule has 0 aliphatic rings. The van der Waals surface area contributed by atoms with Crippen LogP contribution in [-0.4, -0.2) is 35.2 Å². The molecule has 0 radical (unpaired) electrons. The Balaban J connectivity index is 2.92. The maximum atomic E-state index is 12.1. The van der Waals surface area contributed by atoms with Crippen LogP contribution in [0.25, 0.3) is 0 Å². The topological polar surface area (TPSA) is 70.4 Å². The van der Waals surface area contributed by atoms with Crippen LogP contribution in [0.15, 0.2) is 0 Å². The number of hydrogen-bond acceptors (Lipinski definition) is 5. The van der Waals surface area contributed by atoms with Crippen LogP contribution in [0.2, 0.25) is 0 Å². The molecule has 0 saturated heterocycles. The van der Waals surface area contributed by atoms with Gasteiger partial charge in [-0.25, -0.2) is 9.78 Å². The Bertz CT molecular complexity index is 523. The van der Waals surface area contributed by atoms with Gasteiger partial charge < -0.3 is 14.0 Å². The van der Waals surface area contributed by atoms with Crippen LogP contribution in [0.5, 0.6) is 0 Å². The molecule has 1 rings (SSSR count). The highest BCUT2D eigenvalue weighted by atomic mass is 16.5. The third kappa shape index (κ3) is 5.69. The number of ether oxygens (including phenoxy) is 2. The monoisotopic (exact) mass is 324 g/mol. The van der Waals surface area contributed by atoms with E-state index in [9.17, 15) is 9.59 Å². The minimum Gasteiger partial charge on any atom is -0.468 e. The molecule has 0 aliphatic heterocycles. The zero-order valence-electron chi connectivity index (χ0n) is 14.7. The molecule has 1 aromatic rings. The summed E-state index contributed by atoms with van der Waals surface area (Å²) in [4.78, 5) is 28.3. The van der Waals surface area contributed by atoms with Crippen molar-refractivity contribution >= 4 is 11.9 Å². The summed E-state index contributed by atoms with van der Waals surface area (Å²) in [6, 6.07) is 0. The zero-order chi connectivity index (χ0) is 17.2. The molecule has 6 nitrogen and oxygen atoms in total. The second kappa shape index (κ2) is 10.0. The molecule has 130 valence electrons. The van der Waals surface area contributed by atoms with E-state index in [0.717, 1.165) is 25.1 Å². The summed E-state index contributed by atoms with van der Waals surface area (Å²) >= 11 is 0. The summed E-state index contributed by atoms with van der Waals surface area (Å²) in [6.07, 6.45) is 6.46. The van der Waals surface area contributed by atoms with Gasteiger partial charge in [-0.3, -0.25) is 4.79 Å². The van der Waals surface area contributed by atoms with Crippen molar-refractivity contribution < 1.29 is 19.1 Å². The number of carbonyl (C=O) groups excluding carboxylic acids is 2. The quantitative estimate of drug-likeness (QED) is 0.488. The largest absolute Gasteiger partial charge is 0.468 e. The molecule has 0 N–H and O–H groups in total. The van der Waals surface area contributed by atoms with Crippen molar-refractivity contribution in [2.45, 2.75) is 65.8 Å². The highest BCUT2D eigenvalue weighted by Gasteiger charge is 2.23. The van der Waals surface area contributed by atoms with Crippen molar-refractivity contribution in [3.05, 3.63) is 17.2 Å². The summed E-state index contributed by atoms with van der Waals surface area (Å²) in [5.74, 6) is -0.105. The Morgan fingerprint density at radius 1 is 1.13 bits per heavy atom. The Morgan fingerprint density at radius 2 is 1.83 bits per heavy atom. The van der Waals surface area contributed by atoms with E-state index in [-0.39, 0.29) is 13.2 Å². The lowest BCUT2D eigenvalue weighted by Crippen LogP contribution is -2.20. The van der Waals surface area contributed by atoms with Crippen LogP contribution < -0.4 is 0 Å². The molecule has 0 unspecified atom stereocenters. The number of methoxy groups -OCH3 is 1. The van der Waals surface area contributed by atoms with Gasteiger partial charge in [0.15, 0.2) is 5.69 Å². The number of rotatable bonds is 10. The van der Waals surface area contributed by atoms with Crippen molar-refractivity contribution in [1.82, 2.24) is 9.55 Å². The van der Waals surface area contributed by atoms with Crippen molar-refractivity contribution in [2.75, 3.05) is 13.7 Å². The number of aromatic nitrogens is 2. The molecule has 1 aromatic heterocycles. The van der Waals surface area contributed by atoms with Crippen molar-refractivity contribution in [3.8, 4) is 0 Å². The first-order valence-corrected chi connectivity index (χ1v) is 8.35. The van der Waals surface area contributed by atoms with E-state index < -0.39 is 11.9 Å². The average molecular weight is 324 g/mol. The summed E-state index contributed by atoms with van der Waals surface area (Å²) in [5.41, 5.74) is 0.941. The predicted octanol–water partition coefficient (Wildman–Crippen LogP) is 3.05. The molecular formula is C17H28N2O4. The van der Waals surface area contributed by atoms with Gasteiger partial charge in [0.2, 0.25) is 0 Å². The Labute approximate surface area is 138 Å². The summed E-state index contributed by atoms with van der Waals surface area (Å²) in [7, 11) is 1.33. The number of carbonyl (C=O) groups is 2. The molecule has 0 amide bonds. The molecule has 1 heterocycles. The Morgan fingerprint density at radius 3 is 2.43 bits per heavy atom. The second-order valence-corrected chi connectivity index (χ2v) is 5.51. The van der Waals surface area contributed by atoms with Crippen LogP contribution in [0.4, 0.5) is 0 Å². The highest BCUT2D eigenvalue weighted by Crippen LogP contribution is 2.16. The Hall–Kier alpha value is -1.85. The maximum Gasteiger partial charge on any atom is 0.356 e. The molecule has 0 atom stereocenters. The summed E-state index contributed by atoms with van der Waals surface area (Å²) in [6.45, 7) is 5.96. The molecule has 6 heteroatoms. The fraction of sp³-hybridized carbons (Fsp3) is 0.706. The second-order valence-electron chi connectivity index (χ2n) is 5.51. The first-order chi connectivity index (χ1) is 11.0. The van der Waals surface area contributed by atoms with E-state index in [2.05, 4.69) is 11.9 Å². The van der Waals surface area contributed by atoms with E-state index in [0.29, 0.717) is 11.4 Å². The van der Waals surface area contributed by atoms with Crippen molar-refractivity contribution in [1.29, 1.82) is 0 Å². The number of hydrogen-bond donors (Lipinski definition) is 0. The number of unbranched alkanes of at least 4 members (excludes halogenated alkanes) is 4. The van der Waals surface area contributed by atoms with Gasteiger partial charge in [-0.05, 0) is 20.3 Å². The molecule has 0 saturated carbocycles. The fourth-order valence-corrected chi connectivity index (χ4v) is 2.53. The van der Waals surface area contributed by atoms with E-state index in [4.69, 9.17) is 9.47 Å². The van der Waals surface area contributed by atoms with Crippen LogP contribution >= 0.6 is 0 Å². The van der Waals surface area contributed by atoms with Gasteiger partial charge in [-0.2, -0.15) is 0 Å². The predicted molar refractivity (Wildman–Crippen MR) is 87.4 cm³/mol. The minimum atomic E-state index is -0.446. The van der Waals surface area contributed by atoms with Gasteiger partial charge >= 0.3 is 11.9 Å². The average Bonchev–Trinajstić information content (AvgIpc) is 2.82. The van der Waals surface area contributed by atoms with Crippen LogP contribution in [-0.2, 0) is 27.2 Å². The van der Waals surface area contributed by atoms with E-state index in [1.54, 1.807) is 18.4 Å². The summed E-state index contributed by atoms with van der Waals surface area (Å²) < 4.78 is 11.5. The Kier molecular flexibility index (Phi) is 8.37.